The van der Waals surface area contributed by atoms with Crippen LogP contribution in [-0.4, -0.2) is 32.7 Å². The van der Waals surface area contributed by atoms with Crippen LogP contribution in [0.15, 0.2) is 24.3 Å². The highest BCUT2D eigenvalue weighted by Gasteiger charge is 2.37. The standard InChI is InChI=1S/C17H24N2O2/c1-4-19-16-8-6-5-7-14(16)15(18-19)11-17(20)9-12(2)21-13(3)10-17/h5-8,12-13,20H,4,9-11H2,1-3H3. The second kappa shape index (κ2) is 5.43. The average Bonchev–Trinajstić information content (AvgIpc) is 2.75. The first-order valence-electron chi connectivity index (χ1n) is 7.83. The van der Waals surface area contributed by atoms with Crippen LogP contribution >= 0.6 is 0 Å². The fourth-order valence-corrected chi connectivity index (χ4v) is 3.67. The van der Waals surface area contributed by atoms with Crippen molar-refractivity contribution in [1.29, 1.82) is 0 Å². The van der Waals surface area contributed by atoms with E-state index in [1.807, 2.05) is 30.7 Å². The molecule has 1 aromatic carbocycles. The minimum Gasteiger partial charge on any atom is -0.389 e. The van der Waals surface area contributed by atoms with E-state index in [1.165, 1.54) is 0 Å². The molecule has 3 rings (SSSR count). The van der Waals surface area contributed by atoms with E-state index in [-0.39, 0.29) is 12.2 Å². The predicted molar refractivity (Wildman–Crippen MR) is 83.3 cm³/mol. The molecule has 0 saturated carbocycles. The Morgan fingerprint density at radius 3 is 2.62 bits per heavy atom. The van der Waals surface area contributed by atoms with Crippen molar-refractivity contribution in [2.24, 2.45) is 0 Å². The summed E-state index contributed by atoms with van der Waals surface area (Å²) in [7, 11) is 0. The number of rotatable bonds is 3. The fourth-order valence-electron chi connectivity index (χ4n) is 3.67. The van der Waals surface area contributed by atoms with Crippen LogP contribution in [0.3, 0.4) is 0 Å². The van der Waals surface area contributed by atoms with Gasteiger partial charge in [-0.2, -0.15) is 5.10 Å². The number of aromatic nitrogens is 2. The van der Waals surface area contributed by atoms with Crippen molar-refractivity contribution < 1.29 is 9.84 Å². The molecule has 1 fully saturated rings. The van der Waals surface area contributed by atoms with Crippen LogP contribution in [0.2, 0.25) is 0 Å². The van der Waals surface area contributed by atoms with Crippen molar-refractivity contribution in [3.63, 3.8) is 0 Å². The fraction of sp³-hybridized carbons (Fsp3) is 0.588. The maximum atomic E-state index is 11.0. The lowest BCUT2D eigenvalue weighted by Gasteiger charge is -2.38. The van der Waals surface area contributed by atoms with Crippen LogP contribution in [0, 0.1) is 0 Å². The van der Waals surface area contributed by atoms with Crippen molar-refractivity contribution in [3.8, 4) is 0 Å². The van der Waals surface area contributed by atoms with Crippen LogP contribution in [0.5, 0.6) is 0 Å². The van der Waals surface area contributed by atoms with Crippen molar-refractivity contribution >= 4 is 10.9 Å². The van der Waals surface area contributed by atoms with Gasteiger partial charge in [-0.3, -0.25) is 4.68 Å². The zero-order valence-corrected chi connectivity index (χ0v) is 13.0. The van der Waals surface area contributed by atoms with E-state index in [9.17, 15) is 5.11 Å². The Labute approximate surface area is 125 Å². The molecule has 0 amide bonds. The zero-order chi connectivity index (χ0) is 15.0. The maximum Gasteiger partial charge on any atom is 0.0753 e. The van der Waals surface area contributed by atoms with E-state index in [4.69, 9.17) is 9.84 Å². The quantitative estimate of drug-likeness (QED) is 0.944. The Bertz CT molecular complexity index is 625. The molecule has 1 aliphatic heterocycles. The lowest BCUT2D eigenvalue weighted by atomic mass is 9.83. The van der Waals surface area contributed by atoms with Gasteiger partial charge in [0, 0.05) is 31.2 Å². The third-order valence-corrected chi connectivity index (χ3v) is 4.33. The molecule has 2 heterocycles. The van der Waals surface area contributed by atoms with Gasteiger partial charge >= 0.3 is 0 Å². The normalized spacial score (nSPS) is 29.9. The Hall–Kier alpha value is -1.39. The van der Waals surface area contributed by atoms with Crippen molar-refractivity contribution in [1.82, 2.24) is 9.78 Å². The zero-order valence-electron chi connectivity index (χ0n) is 13.0. The Kier molecular flexibility index (Phi) is 3.76. The summed E-state index contributed by atoms with van der Waals surface area (Å²) >= 11 is 0. The highest BCUT2D eigenvalue weighted by atomic mass is 16.5. The molecule has 0 spiro atoms. The number of para-hydroxylation sites is 1. The summed E-state index contributed by atoms with van der Waals surface area (Å²) in [4.78, 5) is 0. The van der Waals surface area contributed by atoms with Gasteiger partial charge in [0.25, 0.3) is 0 Å². The molecule has 4 heteroatoms. The highest BCUT2D eigenvalue weighted by molar-refractivity contribution is 5.82. The largest absolute Gasteiger partial charge is 0.389 e. The first kappa shape index (κ1) is 14.5. The molecule has 114 valence electrons. The number of ether oxygens (including phenoxy) is 1. The van der Waals surface area contributed by atoms with Crippen LogP contribution in [0.1, 0.15) is 39.3 Å². The van der Waals surface area contributed by atoms with Gasteiger partial charge in [0.1, 0.15) is 0 Å². The van der Waals surface area contributed by atoms with Gasteiger partial charge in [-0.25, -0.2) is 0 Å². The smallest absolute Gasteiger partial charge is 0.0753 e. The summed E-state index contributed by atoms with van der Waals surface area (Å²) in [5, 5.41) is 16.8. The average molecular weight is 288 g/mol. The summed E-state index contributed by atoms with van der Waals surface area (Å²) in [6.07, 6.45) is 2.13. The number of fused-ring (bicyclic) bond motifs is 1. The first-order valence-corrected chi connectivity index (χ1v) is 7.83. The molecule has 1 saturated heterocycles. The number of aryl methyl sites for hydroxylation is 1. The van der Waals surface area contributed by atoms with E-state index in [0.717, 1.165) is 23.1 Å². The summed E-state index contributed by atoms with van der Waals surface area (Å²) in [5.41, 5.74) is 1.43. The molecular formula is C17H24N2O2. The monoisotopic (exact) mass is 288 g/mol. The molecule has 2 atom stereocenters. The summed E-state index contributed by atoms with van der Waals surface area (Å²) in [5.74, 6) is 0. The topological polar surface area (TPSA) is 47.3 Å². The number of benzene rings is 1. The number of hydrogen-bond donors (Lipinski definition) is 1. The van der Waals surface area contributed by atoms with Gasteiger partial charge in [-0.15, -0.1) is 0 Å². The molecule has 2 aromatic rings. The van der Waals surface area contributed by atoms with E-state index in [1.54, 1.807) is 0 Å². The summed E-state index contributed by atoms with van der Waals surface area (Å²) in [6, 6.07) is 8.26. The summed E-state index contributed by atoms with van der Waals surface area (Å²) in [6.45, 7) is 7.00. The van der Waals surface area contributed by atoms with Crippen LogP contribution < -0.4 is 0 Å². The van der Waals surface area contributed by atoms with Crippen LogP contribution in [0.4, 0.5) is 0 Å². The van der Waals surface area contributed by atoms with Crippen molar-refractivity contribution in [2.45, 2.75) is 64.4 Å². The van der Waals surface area contributed by atoms with Gasteiger partial charge in [0.2, 0.25) is 0 Å². The second-order valence-electron chi connectivity index (χ2n) is 6.35. The van der Waals surface area contributed by atoms with Crippen molar-refractivity contribution in [2.75, 3.05) is 0 Å². The number of aliphatic hydroxyl groups is 1. The van der Waals surface area contributed by atoms with E-state index in [0.29, 0.717) is 19.3 Å². The second-order valence-corrected chi connectivity index (χ2v) is 6.35. The SMILES string of the molecule is CCn1nc(CC2(O)CC(C)OC(C)C2)c2ccccc21. The first-order chi connectivity index (χ1) is 10.0. The molecule has 0 bridgehead atoms. The third-order valence-electron chi connectivity index (χ3n) is 4.33. The van der Waals surface area contributed by atoms with E-state index >= 15 is 0 Å². The minimum absolute atomic E-state index is 0.0956. The van der Waals surface area contributed by atoms with Crippen LogP contribution in [-0.2, 0) is 17.7 Å². The van der Waals surface area contributed by atoms with Crippen molar-refractivity contribution in [3.05, 3.63) is 30.0 Å². The highest BCUT2D eigenvalue weighted by Crippen LogP contribution is 2.33. The van der Waals surface area contributed by atoms with Gasteiger partial charge in [0.05, 0.1) is 29.0 Å². The maximum absolute atomic E-state index is 11.0. The number of hydrogen-bond acceptors (Lipinski definition) is 3. The lowest BCUT2D eigenvalue weighted by molar-refractivity contribution is -0.131. The molecule has 0 radical (unpaired) electrons. The van der Waals surface area contributed by atoms with Gasteiger partial charge in [-0.05, 0) is 26.8 Å². The number of nitrogens with zero attached hydrogens (tertiary/aromatic N) is 2. The Morgan fingerprint density at radius 2 is 1.95 bits per heavy atom. The molecule has 1 N–H and O–H groups in total. The van der Waals surface area contributed by atoms with E-state index in [2.05, 4.69) is 19.1 Å². The predicted octanol–water partition coefficient (Wildman–Crippen LogP) is 2.92. The van der Waals surface area contributed by atoms with Gasteiger partial charge < -0.3 is 9.84 Å². The molecule has 1 aromatic heterocycles. The molecule has 1 aliphatic rings. The minimum atomic E-state index is -0.715. The molecule has 0 aliphatic carbocycles. The molecule has 21 heavy (non-hydrogen) atoms. The third kappa shape index (κ3) is 2.83. The Balaban J connectivity index is 1.94. The summed E-state index contributed by atoms with van der Waals surface area (Å²) < 4.78 is 7.76. The lowest BCUT2D eigenvalue weighted by Crippen LogP contribution is -2.45. The molecule has 2 unspecified atom stereocenters. The molecule has 4 nitrogen and oxygen atoms in total. The van der Waals surface area contributed by atoms with E-state index < -0.39 is 5.60 Å². The van der Waals surface area contributed by atoms with Crippen LogP contribution in [0.25, 0.3) is 10.9 Å². The Morgan fingerprint density at radius 1 is 1.29 bits per heavy atom. The van der Waals surface area contributed by atoms with Gasteiger partial charge in [0.15, 0.2) is 0 Å². The van der Waals surface area contributed by atoms with Gasteiger partial charge in [-0.1, -0.05) is 18.2 Å². The molecular weight excluding hydrogens is 264 g/mol.